The Balaban J connectivity index is 3.79. The van der Waals surface area contributed by atoms with E-state index in [1.807, 2.05) is 0 Å². The van der Waals surface area contributed by atoms with Crippen LogP contribution in [-0.4, -0.2) is 9.58 Å². The molecule has 0 fully saturated rings. The molecule has 0 bridgehead atoms. The highest BCUT2D eigenvalue weighted by Crippen LogP contribution is 2.17. The molecule has 0 saturated carbocycles. The minimum absolute atomic E-state index is 0.937. The molecule has 4 heteroatoms. The van der Waals surface area contributed by atoms with Crippen molar-refractivity contribution in [3.63, 3.8) is 0 Å². The summed E-state index contributed by atoms with van der Waals surface area (Å²) in [6.45, 7) is 1.11. The summed E-state index contributed by atoms with van der Waals surface area (Å²) >= 11 is 1.33. The van der Waals surface area contributed by atoms with Crippen LogP contribution >= 0.6 is 22.6 Å². The van der Waals surface area contributed by atoms with Gasteiger partial charge in [0.1, 0.15) is 0 Å². The molecule has 1 unspecified atom stereocenters. The number of carbonyl (C=O) groups is 1. The average molecular weight is 217 g/mol. The Morgan fingerprint density at radius 2 is 2.14 bits per heavy atom. The van der Waals surface area contributed by atoms with E-state index >= 15 is 0 Å². The molecule has 0 aliphatic carbocycles. The lowest BCUT2D eigenvalue weighted by atomic mass is 10.4. The first kappa shape index (κ1) is 7.13. The number of primary amides is 1. The van der Waals surface area contributed by atoms with Crippen molar-refractivity contribution in [3.8, 4) is 0 Å². The van der Waals surface area contributed by atoms with Crippen LogP contribution in [0.25, 0.3) is 0 Å². The molecule has 2 nitrogen and oxygen atoms in total. The van der Waals surface area contributed by atoms with Gasteiger partial charge in [0.2, 0.25) is 3.68 Å². The molecule has 0 aliphatic rings. The molecule has 42 valence electrons. The molecule has 0 spiro atoms. The van der Waals surface area contributed by atoms with Gasteiger partial charge in [0.05, 0.1) is 0 Å². The maximum Gasteiger partial charge on any atom is 0.265 e. The van der Waals surface area contributed by atoms with E-state index in [1.54, 1.807) is 0 Å². The van der Waals surface area contributed by atoms with Gasteiger partial charge in [-0.3, -0.25) is 4.79 Å². The molecule has 0 aromatic heterocycles. The van der Waals surface area contributed by atoms with Crippen LogP contribution in [0.1, 0.15) is 6.92 Å². The summed E-state index contributed by atoms with van der Waals surface area (Å²) in [5, 5.41) is 0. The number of halogens is 2. The van der Waals surface area contributed by atoms with Gasteiger partial charge in [0, 0.05) is 0 Å². The van der Waals surface area contributed by atoms with Crippen LogP contribution in [0, 0.1) is 0 Å². The van der Waals surface area contributed by atoms with Gasteiger partial charge in [-0.25, -0.2) is 4.39 Å². The summed E-state index contributed by atoms with van der Waals surface area (Å²) in [6.07, 6.45) is 0. The minimum atomic E-state index is -1.89. The number of carbonyl (C=O) groups excluding carboxylic acids is 1. The standard InChI is InChI=1S/C3H5FINO/c1-3(4,5)2(6)7/h1H3,(H2,6,7). The Morgan fingerprint density at radius 3 is 2.14 bits per heavy atom. The molecular weight excluding hydrogens is 212 g/mol. The smallest absolute Gasteiger partial charge is 0.265 e. The van der Waals surface area contributed by atoms with Gasteiger partial charge in [-0.15, -0.1) is 0 Å². The van der Waals surface area contributed by atoms with E-state index < -0.39 is 9.58 Å². The Kier molecular flexibility index (Phi) is 1.97. The van der Waals surface area contributed by atoms with E-state index in [1.165, 1.54) is 22.6 Å². The molecular formula is C3H5FINO. The Hall–Kier alpha value is 0.130. The zero-order valence-electron chi connectivity index (χ0n) is 3.74. The van der Waals surface area contributed by atoms with E-state index in [9.17, 15) is 9.18 Å². The van der Waals surface area contributed by atoms with Crippen molar-refractivity contribution in [2.45, 2.75) is 10.6 Å². The molecule has 0 aliphatic heterocycles. The summed E-state index contributed by atoms with van der Waals surface area (Å²) in [5.41, 5.74) is 4.55. The number of alkyl halides is 2. The fourth-order valence-corrected chi connectivity index (χ4v) is 0. The monoisotopic (exact) mass is 217 g/mol. The van der Waals surface area contributed by atoms with Crippen LogP contribution in [0.2, 0.25) is 0 Å². The maximum absolute atomic E-state index is 12.0. The molecule has 0 heterocycles. The second kappa shape index (κ2) is 1.94. The SMILES string of the molecule is CC(F)(I)C(N)=O. The van der Waals surface area contributed by atoms with Gasteiger partial charge in [-0.2, -0.15) is 0 Å². The second-order valence-corrected chi connectivity index (χ2v) is 3.28. The summed E-state index contributed by atoms with van der Waals surface area (Å²) in [5.74, 6) is -0.937. The zero-order valence-corrected chi connectivity index (χ0v) is 5.90. The summed E-state index contributed by atoms with van der Waals surface area (Å²) in [7, 11) is 0. The third-order valence-electron chi connectivity index (χ3n) is 0.433. The van der Waals surface area contributed by atoms with Gasteiger partial charge in [-0.05, 0) is 29.5 Å². The number of nitrogens with two attached hydrogens (primary N) is 1. The number of amides is 1. The Bertz CT molecular complexity index is 87.4. The van der Waals surface area contributed by atoms with E-state index in [0.29, 0.717) is 0 Å². The summed E-state index contributed by atoms with van der Waals surface area (Å²) < 4.78 is 10.1. The average Bonchev–Trinajstić information content (AvgIpc) is 1.31. The predicted molar refractivity (Wildman–Crippen MR) is 32.7 cm³/mol. The van der Waals surface area contributed by atoms with Crippen molar-refractivity contribution in [2.75, 3.05) is 0 Å². The van der Waals surface area contributed by atoms with Gasteiger partial charge >= 0.3 is 0 Å². The number of rotatable bonds is 1. The molecule has 2 N–H and O–H groups in total. The largest absolute Gasteiger partial charge is 0.366 e. The van der Waals surface area contributed by atoms with Crippen LogP contribution < -0.4 is 5.73 Å². The van der Waals surface area contributed by atoms with Gasteiger partial charge < -0.3 is 5.73 Å². The second-order valence-electron chi connectivity index (χ2n) is 1.25. The highest BCUT2D eigenvalue weighted by molar-refractivity contribution is 14.1. The molecule has 0 saturated heterocycles. The number of hydrogen-bond acceptors (Lipinski definition) is 1. The third kappa shape index (κ3) is 2.78. The van der Waals surface area contributed by atoms with E-state index in [4.69, 9.17) is 0 Å². The summed E-state index contributed by atoms with van der Waals surface area (Å²) in [6, 6.07) is 0. The molecule has 0 aromatic rings. The molecule has 7 heavy (non-hydrogen) atoms. The first-order valence-corrected chi connectivity index (χ1v) is 2.70. The van der Waals surface area contributed by atoms with Crippen LogP contribution in [0.15, 0.2) is 0 Å². The van der Waals surface area contributed by atoms with Crippen LogP contribution in [0.5, 0.6) is 0 Å². The van der Waals surface area contributed by atoms with Crippen molar-refractivity contribution >= 4 is 28.5 Å². The summed E-state index contributed by atoms with van der Waals surface area (Å²) in [4.78, 5) is 9.86. The van der Waals surface area contributed by atoms with Crippen LogP contribution in [-0.2, 0) is 4.79 Å². The minimum Gasteiger partial charge on any atom is -0.366 e. The third-order valence-corrected chi connectivity index (χ3v) is 0.964. The maximum atomic E-state index is 12.0. The number of hydrogen-bond donors (Lipinski definition) is 1. The van der Waals surface area contributed by atoms with Crippen LogP contribution in [0.4, 0.5) is 4.39 Å². The highest BCUT2D eigenvalue weighted by Gasteiger charge is 2.24. The van der Waals surface area contributed by atoms with Gasteiger partial charge in [0.15, 0.2) is 0 Å². The first-order valence-electron chi connectivity index (χ1n) is 1.62. The first-order chi connectivity index (χ1) is 2.94. The van der Waals surface area contributed by atoms with Crippen molar-refractivity contribution in [1.29, 1.82) is 0 Å². The molecule has 1 atom stereocenters. The lowest BCUT2D eigenvalue weighted by Gasteiger charge is -2.03. The lowest BCUT2D eigenvalue weighted by Crippen LogP contribution is -2.29. The fourth-order valence-electron chi connectivity index (χ4n) is 0. The fraction of sp³-hybridized carbons (Fsp3) is 0.667. The van der Waals surface area contributed by atoms with Gasteiger partial charge in [-0.1, -0.05) is 0 Å². The normalized spacial score (nSPS) is 18.1. The quantitative estimate of drug-likeness (QED) is 0.507. The van der Waals surface area contributed by atoms with Crippen molar-refractivity contribution in [2.24, 2.45) is 5.73 Å². The lowest BCUT2D eigenvalue weighted by molar-refractivity contribution is -0.122. The molecule has 0 rings (SSSR count). The Morgan fingerprint density at radius 1 is 2.00 bits per heavy atom. The zero-order chi connectivity index (χ0) is 6.08. The predicted octanol–water partition coefficient (Wildman–Crippen LogP) is 0.592. The highest BCUT2D eigenvalue weighted by atomic mass is 127. The Labute approximate surface area is 54.4 Å². The molecule has 0 radical (unpaired) electrons. The topological polar surface area (TPSA) is 43.1 Å². The van der Waals surface area contributed by atoms with Crippen molar-refractivity contribution in [3.05, 3.63) is 0 Å². The van der Waals surface area contributed by atoms with Gasteiger partial charge in [0.25, 0.3) is 5.91 Å². The van der Waals surface area contributed by atoms with E-state index in [0.717, 1.165) is 6.92 Å². The molecule has 0 aromatic carbocycles. The van der Waals surface area contributed by atoms with Crippen molar-refractivity contribution < 1.29 is 9.18 Å². The van der Waals surface area contributed by atoms with Crippen LogP contribution in [0.3, 0.4) is 0 Å². The molecule has 1 amide bonds. The van der Waals surface area contributed by atoms with E-state index in [-0.39, 0.29) is 0 Å². The van der Waals surface area contributed by atoms with Crippen molar-refractivity contribution in [1.82, 2.24) is 0 Å². The van der Waals surface area contributed by atoms with E-state index in [2.05, 4.69) is 5.73 Å².